The maximum Gasteiger partial charge on any atom is 0.416 e. The molecule has 1 aliphatic rings. The van der Waals surface area contributed by atoms with E-state index >= 15 is 0 Å². The van der Waals surface area contributed by atoms with E-state index in [4.69, 9.17) is 9.47 Å². The van der Waals surface area contributed by atoms with Gasteiger partial charge in [-0.2, -0.15) is 13.2 Å². The lowest BCUT2D eigenvalue weighted by Crippen LogP contribution is -2.36. The first-order valence-electron chi connectivity index (χ1n) is 9.43. The van der Waals surface area contributed by atoms with Crippen LogP contribution in [0.25, 0.3) is 0 Å². The maximum absolute atomic E-state index is 13.1. The Morgan fingerprint density at radius 1 is 1.14 bits per heavy atom. The number of benzene rings is 2. The molecule has 7 heteroatoms. The van der Waals surface area contributed by atoms with Crippen molar-refractivity contribution in [3.8, 4) is 11.5 Å². The van der Waals surface area contributed by atoms with Crippen LogP contribution >= 0.6 is 0 Å². The Balaban J connectivity index is 1.84. The SMILES string of the molecule is COc1ccc(CC(=O)N(C2CC2)C(C)c2cccc(C(F)(F)F)c2)c(OC)c1. The van der Waals surface area contributed by atoms with Crippen LogP contribution in [-0.4, -0.2) is 31.1 Å². The quantitative estimate of drug-likeness (QED) is 0.647. The molecule has 3 rings (SSSR count). The van der Waals surface area contributed by atoms with Crippen LogP contribution in [0.1, 0.15) is 42.5 Å². The van der Waals surface area contributed by atoms with Gasteiger partial charge in [-0.05, 0) is 43.5 Å². The number of amides is 1. The van der Waals surface area contributed by atoms with Crippen molar-refractivity contribution in [2.24, 2.45) is 0 Å². The van der Waals surface area contributed by atoms with Crippen molar-refractivity contribution in [1.82, 2.24) is 4.90 Å². The molecule has 1 aliphatic carbocycles. The van der Waals surface area contributed by atoms with Gasteiger partial charge in [-0.15, -0.1) is 0 Å². The Morgan fingerprint density at radius 2 is 1.86 bits per heavy atom. The minimum Gasteiger partial charge on any atom is -0.497 e. The van der Waals surface area contributed by atoms with Crippen molar-refractivity contribution in [2.75, 3.05) is 14.2 Å². The van der Waals surface area contributed by atoms with E-state index < -0.39 is 17.8 Å². The number of carbonyl (C=O) groups excluding carboxylic acids is 1. The molecule has 1 unspecified atom stereocenters. The number of nitrogens with zero attached hydrogens (tertiary/aromatic N) is 1. The van der Waals surface area contributed by atoms with Gasteiger partial charge >= 0.3 is 6.18 Å². The monoisotopic (exact) mass is 407 g/mol. The summed E-state index contributed by atoms with van der Waals surface area (Å²) in [7, 11) is 3.07. The van der Waals surface area contributed by atoms with E-state index in [0.29, 0.717) is 22.6 Å². The fraction of sp³-hybridized carbons (Fsp3) is 0.409. The summed E-state index contributed by atoms with van der Waals surface area (Å²) in [6, 6.07) is 10.0. The van der Waals surface area contributed by atoms with Gasteiger partial charge in [0.2, 0.25) is 5.91 Å². The topological polar surface area (TPSA) is 38.8 Å². The number of rotatable bonds is 7. The highest BCUT2D eigenvalue weighted by Gasteiger charge is 2.37. The Morgan fingerprint density at radius 3 is 2.45 bits per heavy atom. The van der Waals surface area contributed by atoms with E-state index in [1.165, 1.54) is 13.2 Å². The molecule has 0 bridgehead atoms. The largest absolute Gasteiger partial charge is 0.497 e. The van der Waals surface area contributed by atoms with E-state index in [-0.39, 0.29) is 18.4 Å². The predicted molar refractivity (Wildman–Crippen MR) is 103 cm³/mol. The molecule has 0 N–H and O–H groups in total. The Hall–Kier alpha value is -2.70. The number of carbonyl (C=O) groups is 1. The van der Waals surface area contributed by atoms with Crippen molar-refractivity contribution in [3.05, 3.63) is 59.2 Å². The highest BCUT2D eigenvalue weighted by molar-refractivity contribution is 5.80. The van der Waals surface area contributed by atoms with Gasteiger partial charge in [0, 0.05) is 17.7 Å². The van der Waals surface area contributed by atoms with E-state index in [9.17, 15) is 18.0 Å². The second kappa shape index (κ2) is 8.35. The molecule has 0 saturated heterocycles. The van der Waals surface area contributed by atoms with Gasteiger partial charge in [-0.3, -0.25) is 4.79 Å². The van der Waals surface area contributed by atoms with Gasteiger partial charge in [0.25, 0.3) is 0 Å². The third kappa shape index (κ3) is 4.83. The molecule has 2 aromatic carbocycles. The molecular formula is C22H24F3NO3. The summed E-state index contributed by atoms with van der Waals surface area (Å²) in [6.07, 6.45) is -2.60. The summed E-state index contributed by atoms with van der Waals surface area (Å²) in [6.45, 7) is 1.77. The second-order valence-electron chi connectivity index (χ2n) is 7.19. The van der Waals surface area contributed by atoms with Crippen LogP contribution in [0.5, 0.6) is 11.5 Å². The molecule has 4 nitrogen and oxygen atoms in total. The molecule has 0 radical (unpaired) electrons. The first kappa shape index (κ1) is 21.0. The van der Waals surface area contributed by atoms with Crippen LogP contribution in [0, 0.1) is 0 Å². The van der Waals surface area contributed by atoms with Crippen molar-refractivity contribution >= 4 is 5.91 Å². The number of hydrogen-bond acceptors (Lipinski definition) is 3. The van der Waals surface area contributed by atoms with Gasteiger partial charge in [-0.25, -0.2) is 0 Å². The van der Waals surface area contributed by atoms with Crippen LogP contribution < -0.4 is 9.47 Å². The molecular weight excluding hydrogens is 383 g/mol. The van der Waals surface area contributed by atoms with Gasteiger partial charge in [-0.1, -0.05) is 18.2 Å². The van der Waals surface area contributed by atoms with E-state index in [2.05, 4.69) is 0 Å². The van der Waals surface area contributed by atoms with Gasteiger partial charge in [0.15, 0.2) is 0 Å². The normalized spacial score (nSPS) is 15.0. The highest BCUT2D eigenvalue weighted by Crippen LogP contribution is 2.37. The molecule has 1 amide bonds. The first-order valence-corrected chi connectivity index (χ1v) is 9.43. The molecule has 156 valence electrons. The second-order valence-corrected chi connectivity index (χ2v) is 7.19. The van der Waals surface area contributed by atoms with Gasteiger partial charge in [0.05, 0.1) is 32.2 Å². The summed E-state index contributed by atoms with van der Waals surface area (Å²) < 4.78 is 49.8. The third-order valence-corrected chi connectivity index (χ3v) is 5.18. The molecule has 0 spiro atoms. The summed E-state index contributed by atoms with van der Waals surface area (Å²) >= 11 is 0. The minimum atomic E-state index is -4.42. The zero-order valence-electron chi connectivity index (χ0n) is 16.6. The Bertz CT molecular complexity index is 878. The Labute approximate surface area is 168 Å². The van der Waals surface area contributed by atoms with Crippen molar-refractivity contribution < 1.29 is 27.4 Å². The fourth-order valence-corrected chi connectivity index (χ4v) is 3.48. The average Bonchev–Trinajstić information content (AvgIpc) is 3.52. The number of halogens is 3. The van der Waals surface area contributed by atoms with Crippen LogP contribution in [0.3, 0.4) is 0 Å². The van der Waals surface area contributed by atoms with Gasteiger partial charge < -0.3 is 14.4 Å². The summed E-state index contributed by atoms with van der Waals surface area (Å²) in [5.74, 6) is 1.02. The summed E-state index contributed by atoms with van der Waals surface area (Å²) in [4.78, 5) is 14.8. The molecule has 0 aromatic heterocycles. The van der Waals surface area contributed by atoms with Crippen molar-refractivity contribution in [3.63, 3.8) is 0 Å². The summed E-state index contributed by atoms with van der Waals surface area (Å²) in [5, 5.41) is 0. The molecule has 1 saturated carbocycles. The molecule has 1 fully saturated rings. The molecule has 0 heterocycles. The lowest BCUT2D eigenvalue weighted by molar-refractivity contribution is -0.137. The van der Waals surface area contributed by atoms with Crippen molar-refractivity contribution in [2.45, 2.75) is 44.4 Å². The number of hydrogen-bond donors (Lipinski definition) is 0. The molecule has 29 heavy (non-hydrogen) atoms. The summed E-state index contributed by atoms with van der Waals surface area (Å²) in [5.41, 5.74) is 0.476. The van der Waals surface area contributed by atoms with E-state index in [1.54, 1.807) is 43.2 Å². The molecule has 0 aliphatic heterocycles. The molecule has 2 aromatic rings. The highest BCUT2D eigenvalue weighted by atomic mass is 19.4. The predicted octanol–water partition coefficient (Wildman–Crippen LogP) is 5.02. The van der Waals surface area contributed by atoms with Crippen LogP contribution in [0.4, 0.5) is 13.2 Å². The van der Waals surface area contributed by atoms with Crippen LogP contribution in [0.15, 0.2) is 42.5 Å². The average molecular weight is 407 g/mol. The fourth-order valence-electron chi connectivity index (χ4n) is 3.48. The zero-order chi connectivity index (χ0) is 21.2. The maximum atomic E-state index is 13.1. The van der Waals surface area contributed by atoms with Gasteiger partial charge in [0.1, 0.15) is 11.5 Å². The Kier molecular flexibility index (Phi) is 6.05. The minimum absolute atomic E-state index is 0.0521. The zero-order valence-corrected chi connectivity index (χ0v) is 16.6. The van der Waals surface area contributed by atoms with Crippen LogP contribution in [-0.2, 0) is 17.4 Å². The number of ether oxygens (including phenoxy) is 2. The smallest absolute Gasteiger partial charge is 0.416 e. The third-order valence-electron chi connectivity index (χ3n) is 5.18. The van der Waals surface area contributed by atoms with E-state index in [0.717, 1.165) is 25.0 Å². The first-order chi connectivity index (χ1) is 13.7. The lowest BCUT2D eigenvalue weighted by Gasteiger charge is -2.30. The number of methoxy groups -OCH3 is 2. The lowest BCUT2D eigenvalue weighted by atomic mass is 10.0. The van der Waals surface area contributed by atoms with E-state index in [1.807, 2.05) is 0 Å². The molecule has 1 atom stereocenters. The number of alkyl halides is 3. The standard InChI is InChI=1S/C22H24F3NO3/c1-14(15-5-4-6-17(11-15)22(23,24)25)26(18-8-9-18)21(27)12-16-7-10-19(28-2)13-20(16)29-3/h4-7,10-11,13-14,18H,8-9,12H2,1-3H3. The van der Waals surface area contributed by atoms with Crippen LogP contribution in [0.2, 0.25) is 0 Å². The van der Waals surface area contributed by atoms with Crippen molar-refractivity contribution in [1.29, 1.82) is 0 Å².